The lowest BCUT2D eigenvalue weighted by Gasteiger charge is -2.45. The predicted octanol–water partition coefficient (Wildman–Crippen LogP) is 5.20. The van der Waals surface area contributed by atoms with E-state index >= 15 is 0 Å². The van der Waals surface area contributed by atoms with Crippen molar-refractivity contribution >= 4 is 33.4 Å². The molecule has 1 fully saturated rings. The average molecular weight is 468 g/mol. The number of thiophene rings is 1. The first kappa shape index (κ1) is 22.1. The molecule has 1 aliphatic heterocycles. The van der Waals surface area contributed by atoms with E-state index in [2.05, 4.69) is 19.2 Å². The van der Waals surface area contributed by atoms with Gasteiger partial charge in [0.15, 0.2) is 0 Å². The number of carbonyl (C=O) groups excluding carboxylic acids is 2. The summed E-state index contributed by atoms with van der Waals surface area (Å²) in [5, 5.41) is 5.31. The van der Waals surface area contributed by atoms with E-state index in [9.17, 15) is 14.0 Å². The van der Waals surface area contributed by atoms with Gasteiger partial charge in [0.05, 0.1) is 16.8 Å². The Morgan fingerprint density at radius 1 is 1.24 bits per heavy atom. The molecule has 174 valence electrons. The maximum Gasteiger partial charge on any atom is 0.271 e. The van der Waals surface area contributed by atoms with Crippen LogP contribution >= 0.6 is 11.3 Å². The summed E-state index contributed by atoms with van der Waals surface area (Å²) in [4.78, 5) is 29.2. The minimum absolute atomic E-state index is 0.0939. The molecule has 0 saturated heterocycles. The molecule has 3 aromatic rings. The highest BCUT2D eigenvalue weighted by Gasteiger charge is 2.48. The first-order chi connectivity index (χ1) is 15.8. The number of carbonyl (C=O) groups is 2. The van der Waals surface area contributed by atoms with Crippen molar-refractivity contribution in [3.63, 3.8) is 0 Å². The number of fused-ring (bicyclic) bond motifs is 3. The molecular formula is C26H30FN3O2S. The summed E-state index contributed by atoms with van der Waals surface area (Å²) in [7, 11) is 0. The minimum Gasteiger partial charge on any atom is -0.351 e. The second kappa shape index (κ2) is 8.28. The Kier molecular flexibility index (Phi) is 5.55. The number of hydrogen-bond acceptors (Lipinski definition) is 3. The van der Waals surface area contributed by atoms with Crippen LogP contribution in [0.15, 0.2) is 41.8 Å². The van der Waals surface area contributed by atoms with E-state index in [-0.39, 0.29) is 30.2 Å². The summed E-state index contributed by atoms with van der Waals surface area (Å²) in [6.07, 6.45) is 3.23. The molecule has 2 aromatic heterocycles. The van der Waals surface area contributed by atoms with Gasteiger partial charge in [0.2, 0.25) is 5.91 Å². The van der Waals surface area contributed by atoms with Gasteiger partial charge < -0.3 is 14.8 Å². The number of hydrogen-bond donors (Lipinski definition) is 1. The molecule has 1 N–H and O–H groups in total. The lowest BCUT2D eigenvalue weighted by atomic mass is 9.77. The van der Waals surface area contributed by atoms with Gasteiger partial charge in [-0.1, -0.05) is 38.8 Å². The Labute approximate surface area is 197 Å². The van der Waals surface area contributed by atoms with Gasteiger partial charge in [-0.3, -0.25) is 9.59 Å². The van der Waals surface area contributed by atoms with Crippen molar-refractivity contribution < 1.29 is 14.0 Å². The summed E-state index contributed by atoms with van der Waals surface area (Å²) in [6.45, 7) is 6.83. The molecule has 0 spiro atoms. The van der Waals surface area contributed by atoms with Crippen molar-refractivity contribution in [3.8, 4) is 0 Å². The first-order valence-corrected chi connectivity index (χ1v) is 12.6. The van der Waals surface area contributed by atoms with E-state index in [0.717, 1.165) is 23.1 Å². The molecule has 5 rings (SSSR count). The van der Waals surface area contributed by atoms with Crippen molar-refractivity contribution in [1.29, 1.82) is 0 Å². The van der Waals surface area contributed by atoms with Crippen LogP contribution in [0.2, 0.25) is 0 Å². The Balaban J connectivity index is 1.53. The molecule has 0 bridgehead atoms. The number of benzene rings is 1. The monoisotopic (exact) mass is 467 g/mol. The molecule has 1 aliphatic carbocycles. The number of halogens is 1. The third-order valence-electron chi connectivity index (χ3n) is 7.79. The van der Waals surface area contributed by atoms with Crippen molar-refractivity contribution in [3.05, 3.63) is 58.9 Å². The molecule has 5 nitrogen and oxygen atoms in total. The van der Waals surface area contributed by atoms with Gasteiger partial charge in [0.25, 0.3) is 5.91 Å². The first-order valence-electron chi connectivity index (χ1n) is 11.7. The fraction of sp³-hybridized carbons (Fsp3) is 0.462. The van der Waals surface area contributed by atoms with Gasteiger partial charge in [0.1, 0.15) is 17.1 Å². The Bertz CT molecular complexity index is 1220. The second-order valence-corrected chi connectivity index (χ2v) is 10.9. The van der Waals surface area contributed by atoms with E-state index in [1.807, 2.05) is 29.0 Å². The molecule has 33 heavy (non-hydrogen) atoms. The van der Waals surface area contributed by atoms with Gasteiger partial charge in [-0.05, 0) is 60.4 Å². The van der Waals surface area contributed by atoms with Gasteiger partial charge in [0, 0.05) is 12.6 Å². The molecular weight excluding hydrogens is 437 g/mol. The van der Waals surface area contributed by atoms with Crippen LogP contribution < -0.4 is 5.32 Å². The van der Waals surface area contributed by atoms with E-state index in [4.69, 9.17) is 0 Å². The van der Waals surface area contributed by atoms with Gasteiger partial charge in [-0.2, -0.15) is 0 Å². The van der Waals surface area contributed by atoms with Gasteiger partial charge >= 0.3 is 0 Å². The minimum atomic E-state index is -1.09. The van der Waals surface area contributed by atoms with Crippen molar-refractivity contribution in [2.24, 2.45) is 11.8 Å². The highest BCUT2D eigenvalue weighted by molar-refractivity contribution is 7.17. The smallest absolute Gasteiger partial charge is 0.271 e. The fourth-order valence-corrected chi connectivity index (χ4v) is 6.27. The third kappa shape index (κ3) is 3.76. The Morgan fingerprint density at radius 3 is 2.85 bits per heavy atom. The highest BCUT2D eigenvalue weighted by atomic mass is 32.1. The summed E-state index contributed by atoms with van der Waals surface area (Å²) in [6, 6.07) is 10.3. The highest BCUT2D eigenvalue weighted by Crippen LogP contribution is 2.36. The molecule has 0 unspecified atom stereocenters. The maximum atomic E-state index is 13.9. The van der Waals surface area contributed by atoms with Crippen molar-refractivity contribution in [2.75, 3.05) is 0 Å². The molecule has 2 aliphatic rings. The predicted molar refractivity (Wildman–Crippen MR) is 129 cm³/mol. The summed E-state index contributed by atoms with van der Waals surface area (Å²) >= 11 is 1.59. The second-order valence-electron chi connectivity index (χ2n) is 9.93. The largest absolute Gasteiger partial charge is 0.351 e. The van der Waals surface area contributed by atoms with Crippen LogP contribution in [0.25, 0.3) is 10.2 Å². The number of amides is 2. The van der Waals surface area contributed by atoms with Crippen molar-refractivity contribution in [1.82, 2.24) is 14.8 Å². The lowest BCUT2D eigenvalue weighted by Crippen LogP contribution is -2.65. The number of rotatable bonds is 4. The zero-order valence-corrected chi connectivity index (χ0v) is 20.1. The maximum absolute atomic E-state index is 13.9. The summed E-state index contributed by atoms with van der Waals surface area (Å²) < 4.78 is 16.9. The van der Waals surface area contributed by atoms with Crippen LogP contribution in [0, 0.1) is 17.7 Å². The quantitative estimate of drug-likeness (QED) is 0.574. The Morgan fingerprint density at radius 2 is 2.06 bits per heavy atom. The zero-order valence-electron chi connectivity index (χ0n) is 19.3. The van der Waals surface area contributed by atoms with Crippen LogP contribution in [0.4, 0.5) is 4.39 Å². The van der Waals surface area contributed by atoms with Crippen LogP contribution in [-0.4, -0.2) is 32.9 Å². The standard InChI is InChI=1S/C26H30FN3O2S/c1-16-6-4-9-20(17(16)2)28-25(32)26(3)15-29-21-10-11-33-23(21)13-22(29)24(31)30(26)14-18-7-5-8-19(27)12-18/h5,7-8,10-13,16-17,20H,4,6,9,14-15H2,1-3H3,(H,28,32)/t16-,17+,20+,26-/m1/s1. The van der Waals surface area contributed by atoms with Crippen LogP contribution in [0.5, 0.6) is 0 Å². The molecule has 7 heteroatoms. The molecule has 4 atom stereocenters. The topological polar surface area (TPSA) is 54.3 Å². The van der Waals surface area contributed by atoms with E-state index < -0.39 is 5.54 Å². The summed E-state index contributed by atoms with van der Waals surface area (Å²) in [5.74, 6) is 0.247. The normalized spacial score (nSPS) is 27.6. The SMILES string of the molecule is C[C@H]1[C@H](C)CCC[C@@H]1NC(=O)[C@@]1(C)Cn2c(cc3sccc32)C(=O)N1Cc1cccc(F)c1. The van der Waals surface area contributed by atoms with E-state index in [1.54, 1.807) is 28.4 Å². The van der Waals surface area contributed by atoms with Crippen LogP contribution in [0.3, 0.4) is 0 Å². The molecule has 2 amide bonds. The van der Waals surface area contributed by atoms with Crippen molar-refractivity contribution in [2.45, 2.75) is 64.7 Å². The van der Waals surface area contributed by atoms with E-state index in [0.29, 0.717) is 29.6 Å². The lowest BCUT2D eigenvalue weighted by molar-refractivity contribution is -0.134. The van der Waals surface area contributed by atoms with E-state index in [1.165, 1.54) is 18.6 Å². The fourth-order valence-electron chi connectivity index (χ4n) is 5.45. The zero-order chi connectivity index (χ0) is 23.3. The molecule has 1 saturated carbocycles. The van der Waals surface area contributed by atoms with Gasteiger partial charge in [-0.25, -0.2) is 4.39 Å². The van der Waals surface area contributed by atoms with Crippen LogP contribution in [-0.2, 0) is 17.9 Å². The number of nitrogens with zero attached hydrogens (tertiary/aromatic N) is 2. The molecule has 1 aromatic carbocycles. The summed E-state index contributed by atoms with van der Waals surface area (Å²) in [5.41, 5.74) is 1.14. The third-order valence-corrected chi connectivity index (χ3v) is 8.64. The van der Waals surface area contributed by atoms with Crippen LogP contribution in [0.1, 0.15) is 56.1 Å². The van der Waals surface area contributed by atoms with Gasteiger partial charge in [-0.15, -0.1) is 11.3 Å². The Hall–Kier alpha value is -2.67. The molecule has 0 radical (unpaired) electrons. The number of aromatic nitrogens is 1. The average Bonchev–Trinajstić information content (AvgIpc) is 3.37. The molecule has 3 heterocycles. The number of nitrogens with one attached hydrogen (secondary N) is 1.